The van der Waals surface area contributed by atoms with Crippen molar-refractivity contribution in [3.63, 3.8) is 0 Å². The lowest BCUT2D eigenvalue weighted by Crippen LogP contribution is -2.34. The average molecular weight is 353 g/mol. The van der Waals surface area contributed by atoms with E-state index in [0.717, 1.165) is 17.5 Å². The highest BCUT2D eigenvalue weighted by Gasteiger charge is 2.20. The number of nitro benzene ring substituents is 1. The summed E-state index contributed by atoms with van der Waals surface area (Å²) in [5.41, 5.74) is 3.27. The van der Waals surface area contributed by atoms with Gasteiger partial charge in [-0.15, -0.1) is 0 Å². The molecule has 26 heavy (non-hydrogen) atoms. The molecule has 0 unspecified atom stereocenters. The summed E-state index contributed by atoms with van der Waals surface area (Å²) in [5, 5.41) is 13.8. The second kappa shape index (κ2) is 6.95. The lowest BCUT2D eigenvalue weighted by Gasteiger charge is -2.28. The first kappa shape index (κ1) is 17.6. The van der Waals surface area contributed by atoms with E-state index in [1.807, 2.05) is 18.2 Å². The highest BCUT2D eigenvalue weighted by molar-refractivity contribution is 6.05. The van der Waals surface area contributed by atoms with Crippen molar-refractivity contribution in [1.29, 1.82) is 0 Å². The molecule has 3 rings (SSSR count). The third kappa shape index (κ3) is 3.42. The Bertz CT molecular complexity index is 908. The zero-order valence-corrected chi connectivity index (χ0v) is 14.6. The lowest BCUT2D eigenvalue weighted by atomic mass is 9.99. The third-order valence-corrected chi connectivity index (χ3v) is 4.67. The standard InChI is InChI=1S/C19H19N3O4/c1-12-17(4-3-5-18(12)22(25)26)19(24)20-16-7-6-14-8-9-21(13(2)23)11-15(14)10-16/h3-7,10H,8-9,11H2,1-2H3,(H,20,24). The van der Waals surface area contributed by atoms with Gasteiger partial charge in [0, 0.05) is 42.9 Å². The van der Waals surface area contributed by atoms with E-state index in [1.54, 1.807) is 24.8 Å². The molecular formula is C19H19N3O4. The molecule has 0 saturated heterocycles. The Labute approximate surface area is 150 Å². The van der Waals surface area contributed by atoms with Gasteiger partial charge in [-0.25, -0.2) is 0 Å². The van der Waals surface area contributed by atoms with Crippen LogP contribution in [0.25, 0.3) is 0 Å². The van der Waals surface area contributed by atoms with Crippen molar-refractivity contribution >= 4 is 23.2 Å². The molecule has 0 atom stereocenters. The van der Waals surface area contributed by atoms with Crippen LogP contribution < -0.4 is 5.32 Å². The van der Waals surface area contributed by atoms with Crippen molar-refractivity contribution < 1.29 is 14.5 Å². The van der Waals surface area contributed by atoms with Gasteiger partial charge < -0.3 is 10.2 Å². The van der Waals surface area contributed by atoms with Gasteiger partial charge in [0.15, 0.2) is 0 Å². The number of hydrogen-bond donors (Lipinski definition) is 1. The molecule has 0 saturated carbocycles. The zero-order valence-electron chi connectivity index (χ0n) is 14.6. The van der Waals surface area contributed by atoms with Crippen LogP contribution >= 0.6 is 0 Å². The van der Waals surface area contributed by atoms with E-state index in [9.17, 15) is 19.7 Å². The number of anilines is 1. The Morgan fingerprint density at radius 1 is 1.19 bits per heavy atom. The number of nitro groups is 1. The summed E-state index contributed by atoms with van der Waals surface area (Å²) >= 11 is 0. The van der Waals surface area contributed by atoms with Gasteiger partial charge in [0.25, 0.3) is 11.6 Å². The van der Waals surface area contributed by atoms with Crippen LogP contribution in [-0.2, 0) is 17.8 Å². The van der Waals surface area contributed by atoms with E-state index < -0.39 is 10.8 Å². The maximum absolute atomic E-state index is 12.6. The topological polar surface area (TPSA) is 92.6 Å². The first-order valence-corrected chi connectivity index (χ1v) is 8.29. The summed E-state index contributed by atoms with van der Waals surface area (Å²) in [4.78, 5) is 36.4. The van der Waals surface area contributed by atoms with E-state index in [0.29, 0.717) is 24.3 Å². The Balaban J connectivity index is 1.83. The summed E-state index contributed by atoms with van der Waals surface area (Å²) in [6.45, 7) is 4.32. The normalized spacial score (nSPS) is 13.1. The van der Waals surface area contributed by atoms with Crippen LogP contribution in [0, 0.1) is 17.0 Å². The van der Waals surface area contributed by atoms with E-state index in [-0.39, 0.29) is 17.2 Å². The van der Waals surface area contributed by atoms with Crippen LogP contribution in [0.4, 0.5) is 11.4 Å². The molecule has 134 valence electrons. The predicted molar refractivity (Wildman–Crippen MR) is 97.0 cm³/mol. The minimum Gasteiger partial charge on any atom is -0.338 e. The maximum atomic E-state index is 12.6. The van der Waals surface area contributed by atoms with Gasteiger partial charge in [-0.05, 0) is 42.7 Å². The van der Waals surface area contributed by atoms with Crippen LogP contribution in [0.3, 0.4) is 0 Å². The van der Waals surface area contributed by atoms with Gasteiger partial charge in [0.1, 0.15) is 0 Å². The molecule has 0 aromatic heterocycles. The number of fused-ring (bicyclic) bond motifs is 1. The quantitative estimate of drug-likeness (QED) is 0.678. The minimum atomic E-state index is -0.499. The van der Waals surface area contributed by atoms with Gasteiger partial charge in [0.05, 0.1) is 4.92 Å². The van der Waals surface area contributed by atoms with Crippen molar-refractivity contribution in [1.82, 2.24) is 4.90 Å². The number of nitrogens with zero attached hydrogens (tertiary/aromatic N) is 2. The molecule has 0 aliphatic carbocycles. The second-order valence-corrected chi connectivity index (χ2v) is 6.33. The molecule has 0 fully saturated rings. The highest BCUT2D eigenvalue weighted by Crippen LogP contribution is 2.25. The van der Waals surface area contributed by atoms with Gasteiger partial charge in [-0.2, -0.15) is 0 Å². The van der Waals surface area contributed by atoms with E-state index in [2.05, 4.69) is 5.32 Å². The number of benzene rings is 2. The number of hydrogen-bond acceptors (Lipinski definition) is 4. The van der Waals surface area contributed by atoms with Crippen molar-refractivity contribution in [3.8, 4) is 0 Å². The van der Waals surface area contributed by atoms with Crippen molar-refractivity contribution in [2.75, 3.05) is 11.9 Å². The number of rotatable bonds is 3. The maximum Gasteiger partial charge on any atom is 0.273 e. The first-order chi connectivity index (χ1) is 12.4. The molecule has 1 aliphatic heterocycles. The van der Waals surface area contributed by atoms with Crippen molar-refractivity contribution in [2.45, 2.75) is 26.8 Å². The minimum absolute atomic E-state index is 0.0253. The predicted octanol–water partition coefficient (Wildman–Crippen LogP) is 3.06. The number of nitrogens with one attached hydrogen (secondary N) is 1. The summed E-state index contributed by atoms with van der Waals surface area (Å²) in [6.07, 6.45) is 0.785. The molecule has 7 heteroatoms. The SMILES string of the molecule is CC(=O)N1CCc2ccc(NC(=O)c3cccc([N+](=O)[O-])c3C)cc2C1. The fraction of sp³-hybridized carbons (Fsp3) is 0.263. The molecule has 0 bridgehead atoms. The molecule has 2 amide bonds. The average Bonchev–Trinajstić information content (AvgIpc) is 2.60. The molecule has 7 nitrogen and oxygen atoms in total. The van der Waals surface area contributed by atoms with Gasteiger partial charge >= 0.3 is 0 Å². The lowest BCUT2D eigenvalue weighted by molar-refractivity contribution is -0.385. The number of carbonyl (C=O) groups is 2. The highest BCUT2D eigenvalue weighted by atomic mass is 16.6. The summed E-state index contributed by atoms with van der Waals surface area (Å²) in [6, 6.07) is 10.1. The van der Waals surface area contributed by atoms with Gasteiger partial charge in [-0.1, -0.05) is 12.1 Å². The number of amides is 2. The molecular weight excluding hydrogens is 334 g/mol. The smallest absolute Gasteiger partial charge is 0.273 e. The van der Waals surface area contributed by atoms with Crippen LogP contribution in [0.15, 0.2) is 36.4 Å². The molecule has 2 aromatic rings. The van der Waals surface area contributed by atoms with Crippen LogP contribution in [-0.4, -0.2) is 28.2 Å². The third-order valence-electron chi connectivity index (χ3n) is 4.67. The fourth-order valence-corrected chi connectivity index (χ4v) is 3.17. The van der Waals surface area contributed by atoms with Gasteiger partial charge in [0.2, 0.25) is 5.91 Å². The van der Waals surface area contributed by atoms with Crippen molar-refractivity contribution in [2.24, 2.45) is 0 Å². The number of carbonyl (C=O) groups excluding carboxylic acids is 2. The molecule has 1 N–H and O–H groups in total. The summed E-state index contributed by atoms with van der Waals surface area (Å²) < 4.78 is 0. The Hall–Kier alpha value is -3.22. The second-order valence-electron chi connectivity index (χ2n) is 6.33. The summed E-state index contributed by atoms with van der Waals surface area (Å²) in [7, 11) is 0. The fourth-order valence-electron chi connectivity index (χ4n) is 3.17. The molecule has 1 heterocycles. The summed E-state index contributed by atoms with van der Waals surface area (Å²) in [5.74, 6) is -0.373. The van der Waals surface area contributed by atoms with Crippen LogP contribution in [0.5, 0.6) is 0 Å². The molecule has 0 spiro atoms. The Kier molecular flexibility index (Phi) is 4.71. The zero-order chi connectivity index (χ0) is 18.8. The Morgan fingerprint density at radius 2 is 1.96 bits per heavy atom. The Morgan fingerprint density at radius 3 is 2.65 bits per heavy atom. The van der Waals surface area contributed by atoms with E-state index in [1.165, 1.54) is 12.1 Å². The van der Waals surface area contributed by atoms with Gasteiger partial charge in [-0.3, -0.25) is 19.7 Å². The van der Waals surface area contributed by atoms with E-state index in [4.69, 9.17) is 0 Å². The van der Waals surface area contributed by atoms with Crippen LogP contribution in [0.2, 0.25) is 0 Å². The van der Waals surface area contributed by atoms with E-state index >= 15 is 0 Å². The van der Waals surface area contributed by atoms with Crippen molar-refractivity contribution in [3.05, 3.63) is 68.8 Å². The first-order valence-electron chi connectivity index (χ1n) is 8.29. The molecule has 1 aliphatic rings. The monoisotopic (exact) mass is 353 g/mol. The van der Waals surface area contributed by atoms with Crippen LogP contribution in [0.1, 0.15) is 34.0 Å². The molecule has 0 radical (unpaired) electrons. The largest absolute Gasteiger partial charge is 0.338 e. The molecule has 2 aromatic carbocycles.